The Kier molecular flexibility index (Phi) is 4.95. The first kappa shape index (κ1) is 14.8. The number of anilines is 1. The van der Waals surface area contributed by atoms with E-state index in [0.29, 0.717) is 23.8 Å². The van der Waals surface area contributed by atoms with Crippen LogP contribution in [0, 0.1) is 5.92 Å². The first-order valence-corrected chi connectivity index (χ1v) is 7.24. The second-order valence-electron chi connectivity index (χ2n) is 5.50. The largest absolute Gasteiger partial charge is 0.393 e. The van der Waals surface area contributed by atoms with E-state index >= 15 is 0 Å². The Morgan fingerprint density at radius 2 is 2.30 bits per heavy atom. The van der Waals surface area contributed by atoms with Crippen LogP contribution in [-0.4, -0.2) is 47.1 Å². The molecule has 1 aliphatic carbocycles. The molecular formula is C15H23N3O2. The van der Waals surface area contributed by atoms with E-state index in [1.807, 2.05) is 7.05 Å². The quantitative estimate of drug-likeness (QED) is 0.831. The molecule has 1 heterocycles. The molecule has 2 rings (SSSR count). The molecule has 1 aromatic heterocycles. The first-order valence-electron chi connectivity index (χ1n) is 7.24. The molecule has 2 N–H and O–H groups in total. The maximum Gasteiger partial charge on any atom is 0.257 e. The van der Waals surface area contributed by atoms with Gasteiger partial charge in [0.1, 0.15) is 5.82 Å². The predicted molar refractivity (Wildman–Crippen MR) is 78.7 cm³/mol. The Balaban J connectivity index is 2.00. The Bertz CT molecular complexity index is 458. The van der Waals surface area contributed by atoms with E-state index in [2.05, 4.69) is 17.2 Å². The van der Waals surface area contributed by atoms with Crippen molar-refractivity contribution in [1.29, 1.82) is 0 Å². The summed E-state index contributed by atoms with van der Waals surface area (Å²) in [4.78, 5) is 18.4. The topological polar surface area (TPSA) is 65.5 Å². The summed E-state index contributed by atoms with van der Waals surface area (Å²) in [6.45, 7) is 3.57. The zero-order chi connectivity index (χ0) is 14.5. The predicted octanol–water partition coefficient (Wildman–Crippen LogP) is 1.75. The van der Waals surface area contributed by atoms with Gasteiger partial charge in [-0.1, -0.05) is 6.92 Å². The Hall–Kier alpha value is -1.62. The summed E-state index contributed by atoms with van der Waals surface area (Å²) in [6, 6.07) is 3.59. The van der Waals surface area contributed by atoms with Crippen LogP contribution in [0.25, 0.3) is 0 Å². The number of nitrogens with one attached hydrogen (secondary N) is 1. The zero-order valence-electron chi connectivity index (χ0n) is 12.2. The van der Waals surface area contributed by atoms with Crippen molar-refractivity contribution in [3.05, 3.63) is 23.9 Å². The molecule has 110 valence electrons. The first-order chi connectivity index (χ1) is 9.61. The lowest BCUT2D eigenvalue weighted by Crippen LogP contribution is -2.39. The van der Waals surface area contributed by atoms with Gasteiger partial charge in [-0.2, -0.15) is 0 Å². The van der Waals surface area contributed by atoms with E-state index < -0.39 is 0 Å². The number of pyridine rings is 1. The van der Waals surface area contributed by atoms with Gasteiger partial charge in [0.05, 0.1) is 11.7 Å². The highest BCUT2D eigenvalue weighted by atomic mass is 16.3. The molecule has 0 aromatic carbocycles. The smallest absolute Gasteiger partial charge is 0.257 e. The van der Waals surface area contributed by atoms with Gasteiger partial charge < -0.3 is 15.3 Å². The number of aliphatic hydroxyl groups excluding tert-OH is 1. The fourth-order valence-electron chi connectivity index (χ4n) is 2.49. The summed E-state index contributed by atoms with van der Waals surface area (Å²) in [5, 5.41) is 12.5. The third-order valence-corrected chi connectivity index (χ3v) is 3.67. The lowest BCUT2D eigenvalue weighted by molar-refractivity contribution is 0.0265. The van der Waals surface area contributed by atoms with Crippen LogP contribution < -0.4 is 5.32 Å². The number of carbonyl (C=O) groups is 1. The van der Waals surface area contributed by atoms with E-state index in [0.717, 1.165) is 25.8 Å². The zero-order valence-corrected chi connectivity index (χ0v) is 12.2. The van der Waals surface area contributed by atoms with Crippen molar-refractivity contribution in [1.82, 2.24) is 9.88 Å². The fraction of sp³-hybridized carbons (Fsp3) is 0.600. The van der Waals surface area contributed by atoms with Crippen molar-refractivity contribution in [3.63, 3.8) is 0 Å². The van der Waals surface area contributed by atoms with E-state index in [-0.39, 0.29) is 12.0 Å². The molecule has 0 spiro atoms. The van der Waals surface area contributed by atoms with E-state index in [4.69, 9.17) is 0 Å². The Labute approximate surface area is 120 Å². The minimum Gasteiger partial charge on any atom is -0.393 e. The molecule has 20 heavy (non-hydrogen) atoms. The molecule has 0 bridgehead atoms. The summed E-state index contributed by atoms with van der Waals surface area (Å²) in [5.74, 6) is 1.06. The summed E-state index contributed by atoms with van der Waals surface area (Å²) in [6.07, 6.45) is 4.09. The number of hydrogen-bond acceptors (Lipinski definition) is 4. The average Bonchev–Trinajstić information content (AvgIpc) is 2.43. The number of nitrogens with zero attached hydrogens (tertiary/aromatic N) is 2. The molecule has 1 fully saturated rings. The van der Waals surface area contributed by atoms with Crippen molar-refractivity contribution in [3.8, 4) is 0 Å². The Morgan fingerprint density at radius 1 is 1.55 bits per heavy atom. The minimum atomic E-state index is -0.177. The molecule has 1 amide bonds. The normalized spacial score (nSPS) is 21.1. The molecule has 0 saturated heterocycles. The standard InChI is InChI=1S/C15H23N3O2/c1-3-6-16-14-13(5-4-7-17-14)15(20)18(2)10-11-8-12(19)9-11/h4-5,7,11-12,19H,3,6,8-10H2,1-2H3,(H,16,17). The number of carbonyl (C=O) groups excluding carboxylic acids is 1. The van der Waals surface area contributed by atoms with Crippen LogP contribution >= 0.6 is 0 Å². The van der Waals surface area contributed by atoms with Gasteiger partial charge in [-0.05, 0) is 37.3 Å². The number of aromatic nitrogens is 1. The maximum atomic E-state index is 12.5. The van der Waals surface area contributed by atoms with Crippen molar-refractivity contribution in [2.75, 3.05) is 25.5 Å². The average molecular weight is 277 g/mol. The molecular weight excluding hydrogens is 254 g/mol. The number of hydrogen-bond donors (Lipinski definition) is 2. The van der Waals surface area contributed by atoms with Gasteiger partial charge in [0.15, 0.2) is 0 Å². The SMILES string of the molecule is CCCNc1ncccc1C(=O)N(C)CC1CC(O)C1. The maximum absolute atomic E-state index is 12.5. The molecule has 5 nitrogen and oxygen atoms in total. The van der Waals surface area contributed by atoms with Gasteiger partial charge in [0.25, 0.3) is 5.91 Å². The lowest BCUT2D eigenvalue weighted by atomic mass is 9.82. The van der Waals surface area contributed by atoms with Crippen LogP contribution in [0.2, 0.25) is 0 Å². The minimum absolute atomic E-state index is 0.0157. The third-order valence-electron chi connectivity index (χ3n) is 3.67. The van der Waals surface area contributed by atoms with E-state index in [1.54, 1.807) is 23.2 Å². The molecule has 0 aliphatic heterocycles. The summed E-state index contributed by atoms with van der Waals surface area (Å²) < 4.78 is 0. The van der Waals surface area contributed by atoms with Crippen LogP contribution in [0.15, 0.2) is 18.3 Å². The lowest BCUT2D eigenvalue weighted by Gasteiger charge is -2.34. The number of amides is 1. The van der Waals surface area contributed by atoms with E-state index in [9.17, 15) is 9.90 Å². The second-order valence-corrected chi connectivity index (χ2v) is 5.50. The van der Waals surface area contributed by atoms with E-state index in [1.165, 1.54) is 0 Å². The van der Waals surface area contributed by atoms with Crippen LogP contribution in [0.5, 0.6) is 0 Å². The molecule has 1 aromatic rings. The van der Waals surface area contributed by atoms with Crippen molar-refractivity contribution in [2.45, 2.75) is 32.3 Å². The van der Waals surface area contributed by atoms with Crippen molar-refractivity contribution in [2.24, 2.45) is 5.92 Å². The molecule has 0 atom stereocenters. The number of rotatable bonds is 6. The van der Waals surface area contributed by atoms with Crippen molar-refractivity contribution < 1.29 is 9.90 Å². The summed E-state index contributed by atoms with van der Waals surface area (Å²) in [7, 11) is 1.81. The van der Waals surface area contributed by atoms with Crippen LogP contribution in [0.3, 0.4) is 0 Å². The van der Waals surface area contributed by atoms with Crippen LogP contribution in [-0.2, 0) is 0 Å². The molecule has 0 unspecified atom stereocenters. The molecule has 5 heteroatoms. The molecule has 1 aliphatic rings. The van der Waals surface area contributed by atoms with Crippen LogP contribution in [0.1, 0.15) is 36.5 Å². The number of aliphatic hydroxyl groups is 1. The third kappa shape index (κ3) is 3.48. The van der Waals surface area contributed by atoms with Crippen LogP contribution in [0.4, 0.5) is 5.82 Å². The van der Waals surface area contributed by atoms with Gasteiger partial charge in [-0.3, -0.25) is 4.79 Å². The van der Waals surface area contributed by atoms with Gasteiger partial charge in [-0.15, -0.1) is 0 Å². The highest BCUT2D eigenvalue weighted by molar-refractivity contribution is 5.98. The van der Waals surface area contributed by atoms with Crippen molar-refractivity contribution >= 4 is 11.7 Å². The highest BCUT2D eigenvalue weighted by Gasteiger charge is 2.29. The fourth-order valence-corrected chi connectivity index (χ4v) is 2.49. The second kappa shape index (κ2) is 6.70. The summed E-state index contributed by atoms with van der Waals surface area (Å²) in [5.41, 5.74) is 0.614. The van der Waals surface area contributed by atoms with Gasteiger partial charge in [0.2, 0.25) is 0 Å². The Morgan fingerprint density at radius 3 is 2.95 bits per heavy atom. The van der Waals surface area contributed by atoms with Gasteiger partial charge >= 0.3 is 0 Å². The highest BCUT2D eigenvalue weighted by Crippen LogP contribution is 2.28. The monoisotopic (exact) mass is 277 g/mol. The molecule has 1 saturated carbocycles. The van der Waals surface area contributed by atoms with Gasteiger partial charge in [-0.25, -0.2) is 4.98 Å². The summed E-state index contributed by atoms with van der Waals surface area (Å²) >= 11 is 0. The van der Waals surface area contributed by atoms with Gasteiger partial charge in [0, 0.05) is 26.3 Å². The molecule has 0 radical (unpaired) electrons.